The Morgan fingerprint density at radius 2 is 1.74 bits per heavy atom. The largest absolute Gasteiger partial charge is 0.346 e. The molecule has 1 amide bonds. The number of aromatic nitrogens is 6. The van der Waals surface area contributed by atoms with E-state index in [0.29, 0.717) is 13.1 Å². The fraction of sp³-hybridized carbons (Fsp3) is 0.0870. The molecule has 0 spiro atoms. The van der Waals surface area contributed by atoms with E-state index in [2.05, 4.69) is 25.6 Å². The summed E-state index contributed by atoms with van der Waals surface area (Å²) in [5.74, 6) is 0.497. The Morgan fingerprint density at radius 3 is 2.58 bits per heavy atom. The number of rotatable bonds is 6. The van der Waals surface area contributed by atoms with E-state index in [4.69, 9.17) is 0 Å². The first-order valence-corrected chi connectivity index (χ1v) is 9.86. The summed E-state index contributed by atoms with van der Waals surface area (Å²) in [6.45, 7) is 0.914. The van der Waals surface area contributed by atoms with Crippen molar-refractivity contribution in [1.82, 2.24) is 34.8 Å². The minimum Gasteiger partial charge on any atom is -0.346 e. The van der Waals surface area contributed by atoms with Gasteiger partial charge in [0, 0.05) is 12.7 Å². The van der Waals surface area contributed by atoms with Crippen molar-refractivity contribution < 1.29 is 4.79 Å². The molecule has 0 fully saturated rings. The summed E-state index contributed by atoms with van der Waals surface area (Å²) >= 11 is 0. The van der Waals surface area contributed by atoms with Gasteiger partial charge in [0.2, 0.25) is 0 Å². The van der Waals surface area contributed by atoms with E-state index in [1.165, 1.54) is 0 Å². The van der Waals surface area contributed by atoms with Crippen LogP contribution in [0.4, 0.5) is 0 Å². The van der Waals surface area contributed by atoms with Crippen molar-refractivity contribution in [3.8, 4) is 5.82 Å². The molecule has 31 heavy (non-hydrogen) atoms. The van der Waals surface area contributed by atoms with Crippen LogP contribution < -0.4 is 5.32 Å². The van der Waals surface area contributed by atoms with Gasteiger partial charge in [-0.15, -0.1) is 5.10 Å². The van der Waals surface area contributed by atoms with Gasteiger partial charge >= 0.3 is 0 Å². The molecular formula is C23H19N7O. The highest BCUT2D eigenvalue weighted by molar-refractivity contribution is 5.91. The summed E-state index contributed by atoms with van der Waals surface area (Å²) in [5.41, 5.74) is 4.18. The lowest BCUT2D eigenvalue weighted by Crippen LogP contribution is -2.23. The molecule has 0 bridgehead atoms. The molecule has 0 aliphatic carbocycles. The van der Waals surface area contributed by atoms with Gasteiger partial charge in [-0.05, 0) is 29.3 Å². The Kier molecular flexibility index (Phi) is 4.94. The van der Waals surface area contributed by atoms with Crippen LogP contribution in [-0.4, -0.2) is 35.4 Å². The second-order valence-electron chi connectivity index (χ2n) is 7.10. The molecule has 5 rings (SSSR count). The van der Waals surface area contributed by atoms with Crippen LogP contribution in [0, 0.1) is 0 Å². The molecule has 0 unspecified atom stereocenters. The Bertz CT molecular complexity index is 1320. The van der Waals surface area contributed by atoms with Crippen LogP contribution in [-0.2, 0) is 13.1 Å². The fourth-order valence-electron chi connectivity index (χ4n) is 3.33. The van der Waals surface area contributed by atoms with Gasteiger partial charge < -0.3 is 5.32 Å². The van der Waals surface area contributed by atoms with Crippen molar-refractivity contribution >= 4 is 16.9 Å². The number of carbonyl (C=O) groups is 1. The van der Waals surface area contributed by atoms with E-state index in [1.54, 1.807) is 23.4 Å². The number of pyridine rings is 1. The van der Waals surface area contributed by atoms with Crippen molar-refractivity contribution in [2.45, 2.75) is 13.1 Å². The summed E-state index contributed by atoms with van der Waals surface area (Å²) < 4.78 is 3.58. The first kappa shape index (κ1) is 18.7. The van der Waals surface area contributed by atoms with Gasteiger partial charge in [0.15, 0.2) is 5.69 Å². The normalized spacial score (nSPS) is 11.0. The van der Waals surface area contributed by atoms with Crippen LogP contribution in [0.25, 0.3) is 16.9 Å². The number of hydrogen-bond donors (Lipinski definition) is 1. The fourth-order valence-corrected chi connectivity index (χ4v) is 3.33. The number of carbonyl (C=O) groups excluding carboxylic acids is 1. The van der Waals surface area contributed by atoms with Gasteiger partial charge in [0.05, 0.1) is 23.8 Å². The van der Waals surface area contributed by atoms with Crippen LogP contribution in [0.3, 0.4) is 0 Å². The minimum absolute atomic E-state index is 0.274. The number of nitrogens with zero attached hydrogens (tertiary/aromatic N) is 6. The Hall–Kier alpha value is -4.33. The molecule has 0 saturated heterocycles. The third-order valence-electron chi connectivity index (χ3n) is 4.92. The molecule has 2 aromatic carbocycles. The molecule has 8 nitrogen and oxygen atoms in total. The quantitative estimate of drug-likeness (QED) is 0.466. The first-order valence-electron chi connectivity index (χ1n) is 9.86. The van der Waals surface area contributed by atoms with Crippen LogP contribution in [0.2, 0.25) is 0 Å². The van der Waals surface area contributed by atoms with Crippen LogP contribution in [0.5, 0.6) is 0 Å². The minimum atomic E-state index is -0.274. The lowest BCUT2D eigenvalue weighted by Gasteiger charge is -2.06. The Balaban J connectivity index is 1.22. The first-order chi connectivity index (χ1) is 15.3. The Labute approximate surface area is 178 Å². The number of nitrogens with one attached hydrogen (secondary N) is 1. The summed E-state index contributed by atoms with van der Waals surface area (Å²) in [6.07, 6.45) is 5.15. The number of hydrogen-bond acceptors (Lipinski definition) is 5. The standard InChI is InChI=1S/C23H19N7O/c31-23(20-15-29(28-27-20)14-17-6-2-1-3-7-17)25-13-18-10-11-22(24-12-18)30-16-26-19-8-4-5-9-21(19)30/h1-12,15-16H,13-14H2,(H,25,31). The average molecular weight is 409 g/mol. The predicted molar refractivity (Wildman–Crippen MR) is 116 cm³/mol. The molecule has 1 N–H and O–H groups in total. The van der Waals surface area contributed by atoms with Crippen LogP contribution in [0.15, 0.2) is 85.5 Å². The van der Waals surface area contributed by atoms with Gasteiger partial charge in [0.25, 0.3) is 5.91 Å². The maximum Gasteiger partial charge on any atom is 0.273 e. The SMILES string of the molecule is O=C(NCc1ccc(-n2cnc3ccccc32)nc1)c1cn(Cc2ccccc2)nn1. The zero-order chi connectivity index (χ0) is 21.0. The molecular weight excluding hydrogens is 390 g/mol. The third-order valence-corrected chi connectivity index (χ3v) is 4.92. The summed E-state index contributed by atoms with van der Waals surface area (Å²) in [6, 6.07) is 21.6. The lowest BCUT2D eigenvalue weighted by molar-refractivity contribution is 0.0946. The van der Waals surface area contributed by atoms with Crippen molar-refractivity contribution in [1.29, 1.82) is 0 Å². The smallest absolute Gasteiger partial charge is 0.273 e. The van der Waals surface area contributed by atoms with E-state index >= 15 is 0 Å². The topological polar surface area (TPSA) is 90.5 Å². The van der Waals surface area contributed by atoms with Gasteiger partial charge in [-0.3, -0.25) is 9.36 Å². The van der Waals surface area contributed by atoms with Crippen LogP contribution in [0.1, 0.15) is 21.6 Å². The second-order valence-corrected chi connectivity index (χ2v) is 7.10. The predicted octanol–water partition coefficient (Wildman–Crippen LogP) is 2.99. The highest BCUT2D eigenvalue weighted by Gasteiger charge is 2.11. The van der Waals surface area contributed by atoms with E-state index in [9.17, 15) is 4.79 Å². The molecule has 3 heterocycles. The zero-order valence-electron chi connectivity index (χ0n) is 16.6. The Morgan fingerprint density at radius 1 is 0.903 bits per heavy atom. The molecule has 152 valence electrons. The van der Waals surface area contributed by atoms with E-state index in [1.807, 2.05) is 71.3 Å². The number of amides is 1. The molecule has 0 radical (unpaired) electrons. The van der Waals surface area contributed by atoms with Gasteiger partial charge in [0.1, 0.15) is 12.1 Å². The maximum absolute atomic E-state index is 12.4. The van der Waals surface area contributed by atoms with Crippen molar-refractivity contribution in [2.75, 3.05) is 0 Å². The highest BCUT2D eigenvalue weighted by atomic mass is 16.2. The van der Waals surface area contributed by atoms with E-state index in [0.717, 1.165) is 28.0 Å². The number of imidazole rings is 1. The molecule has 3 aromatic heterocycles. The molecule has 5 aromatic rings. The number of benzene rings is 2. The van der Waals surface area contributed by atoms with Crippen molar-refractivity contribution in [2.24, 2.45) is 0 Å². The lowest BCUT2D eigenvalue weighted by atomic mass is 10.2. The molecule has 0 saturated carbocycles. The molecule has 0 aliphatic rings. The van der Waals surface area contributed by atoms with Crippen molar-refractivity contribution in [3.63, 3.8) is 0 Å². The van der Waals surface area contributed by atoms with Crippen LogP contribution >= 0.6 is 0 Å². The second kappa shape index (κ2) is 8.19. The number of fused-ring (bicyclic) bond motifs is 1. The van der Waals surface area contributed by atoms with Gasteiger partial charge in [-0.25, -0.2) is 14.6 Å². The van der Waals surface area contributed by atoms with E-state index in [-0.39, 0.29) is 11.6 Å². The third kappa shape index (κ3) is 4.04. The molecule has 8 heteroatoms. The average Bonchev–Trinajstić information content (AvgIpc) is 3.46. The number of para-hydroxylation sites is 2. The summed E-state index contributed by atoms with van der Waals surface area (Å²) in [7, 11) is 0. The zero-order valence-corrected chi connectivity index (χ0v) is 16.6. The molecule has 0 atom stereocenters. The van der Waals surface area contributed by atoms with Crippen molar-refractivity contribution in [3.05, 3.63) is 102 Å². The van der Waals surface area contributed by atoms with Gasteiger partial charge in [-0.1, -0.05) is 53.7 Å². The molecule has 0 aliphatic heterocycles. The van der Waals surface area contributed by atoms with E-state index < -0.39 is 0 Å². The highest BCUT2D eigenvalue weighted by Crippen LogP contribution is 2.16. The summed E-state index contributed by atoms with van der Waals surface area (Å²) in [5, 5.41) is 10.9. The van der Waals surface area contributed by atoms with Gasteiger partial charge in [-0.2, -0.15) is 0 Å². The maximum atomic E-state index is 12.4. The summed E-state index contributed by atoms with van der Waals surface area (Å²) in [4.78, 5) is 21.3. The monoisotopic (exact) mass is 409 g/mol.